The molecule has 5 nitrogen and oxygen atoms in total. The number of carbonyl (C=O) groups is 1. The van der Waals surface area contributed by atoms with E-state index in [0.717, 1.165) is 11.3 Å². The highest BCUT2D eigenvalue weighted by Gasteiger charge is 2.24. The Kier molecular flexibility index (Phi) is 4.14. The summed E-state index contributed by atoms with van der Waals surface area (Å²) >= 11 is 0. The minimum Gasteiger partial charge on any atom is -0.496 e. The van der Waals surface area contributed by atoms with Gasteiger partial charge in [-0.25, -0.2) is 0 Å². The first-order chi connectivity index (χ1) is 11.2. The van der Waals surface area contributed by atoms with E-state index in [9.17, 15) is 15.0 Å². The number of para-hydroxylation sites is 1. The SMILES string of the molecule is COc1cc(CO)cc(CO)c1/C=C1/C(=O)Nc2ccccc21. The number of hydrogen-bond acceptors (Lipinski definition) is 4. The summed E-state index contributed by atoms with van der Waals surface area (Å²) in [4.78, 5) is 12.2. The van der Waals surface area contributed by atoms with Gasteiger partial charge in [0.15, 0.2) is 0 Å². The predicted molar refractivity (Wildman–Crippen MR) is 87.8 cm³/mol. The van der Waals surface area contributed by atoms with Crippen LogP contribution in [-0.2, 0) is 18.0 Å². The van der Waals surface area contributed by atoms with Gasteiger partial charge in [-0.05, 0) is 29.3 Å². The number of carbonyl (C=O) groups excluding carboxylic acids is 1. The van der Waals surface area contributed by atoms with Gasteiger partial charge >= 0.3 is 0 Å². The van der Waals surface area contributed by atoms with Gasteiger partial charge < -0.3 is 20.3 Å². The molecule has 0 unspecified atom stereocenters. The van der Waals surface area contributed by atoms with Crippen LogP contribution >= 0.6 is 0 Å². The Morgan fingerprint density at radius 3 is 2.65 bits per heavy atom. The highest BCUT2D eigenvalue weighted by atomic mass is 16.5. The Balaban J connectivity index is 2.18. The number of nitrogens with one attached hydrogen (secondary N) is 1. The van der Waals surface area contributed by atoms with Crippen LogP contribution in [0, 0.1) is 0 Å². The third-order valence-corrected chi connectivity index (χ3v) is 3.86. The number of ether oxygens (including phenoxy) is 1. The molecule has 3 rings (SSSR count). The van der Waals surface area contributed by atoms with E-state index in [0.29, 0.717) is 28.0 Å². The number of methoxy groups -OCH3 is 1. The number of rotatable bonds is 4. The molecule has 23 heavy (non-hydrogen) atoms. The van der Waals surface area contributed by atoms with E-state index in [-0.39, 0.29) is 19.1 Å². The second-order valence-electron chi connectivity index (χ2n) is 5.24. The van der Waals surface area contributed by atoms with Crippen LogP contribution in [0.3, 0.4) is 0 Å². The normalized spacial score (nSPS) is 14.7. The topological polar surface area (TPSA) is 78.8 Å². The third kappa shape index (κ3) is 2.72. The maximum Gasteiger partial charge on any atom is 0.256 e. The molecule has 0 spiro atoms. The summed E-state index contributed by atoms with van der Waals surface area (Å²) < 4.78 is 5.37. The van der Waals surface area contributed by atoms with Crippen molar-refractivity contribution in [2.75, 3.05) is 12.4 Å². The molecule has 0 atom stereocenters. The predicted octanol–water partition coefficient (Wildman–Crippen LogP) is 2.17. The monoisotopic (exact) mass is 311 g/mol. The molecule has 0 bridgehead atoms. The van der Waals surface area contributed by atoms with E-state index in [4.69, 9.17) is 4.74 Å². The molecular formula is C18H17NO4. The molecule has 0 aliphatic carbocycles. The maximum atomic E-state index is 12.2. The number of benzene rings is 2. The van der Waals surface area contributed by atoms with Crippen LogP contribution in [0.4, 0.5) is 5.69 Å². The fourth-order valence-electron chi connectivity index (χ4n) is 2.73. The van der Waals surface area contributed by atoms with Crippen LogP contribution in [-0.4, -0.2) is 23.2 Å². The summed E-state index contributed by atoms with van der Waals surface area (Å²) in [5, 5.41) is 21.7. The molecule has 2 aromatic carbocycles. The smallest absolute Gasteiger partial charge is 0.256 e. The van der Waals surface area contributed by atoms with Crippen molar-refractivity contribution in [2.45, 2.75) is 13.2 Å². The molecular weight excluding hydrogens is 294 g/mol. The average Bonchev–Trinajstić information content (AvgIpc) is 2.90. The minimum atomic E-state index is -0.216. The van der Waals surface area contributed by atoms with E-state index in [2.05, 4.69) is 5.32 Å². The summed E-state index contributed by atoms with van der Waals surface area (Å²) in [5.41, 5.74) is 3.97. The van der Waals surface area contributed by atoms with Gasteiger partial charge in [0.25, 0.3) is 5.91 Å². The summed E-state index contributed by atoms with van der Waals surface area (Å²) in [6.07, 6.45) is 1.71. The van der Waals surface area contributed by atoms with E-state index in [1.807, 2.05) is 24.3 Å². The number of aliphatic hydroxyl groups is 2. The number of amides is 1. The Labute approximate surface area is 133 Å². The molecule has 3 N–H and O–H groups in total. The number of aliphatic hydroxyl groups excluding tert-OH is 2. The van der Waals surface area contributed by atoms with Gasteiger partial charge in [-0.2, -0.15) is 0 Å². The van der Waals surface area contributed by atoms with Crippen molar-refractivity contribution in [2.24, 2.45) is 0 Å². The molecule has 1 aliphatic heterocycles. The number of anilines is 1. The van der Waals surface area contributed by atoms with Gasteiger partial charge in [-0.15, -0.1) is 0 Å². The lowest BCUT2D eigenvalue weighted by molar-refractivity contribution is -0.110. The molecule has 0 fully saturated rings. The average molecular weight is 311 g/mol. The van der Waals surface area contributed by atoms with Crippen LogP contribution in [0.2, 0.25) is 0 Å². The second kappa shape index (κ2) is 6.24. The lowest BCUT2D eigenvalue weighted by Crippen LogP contribution is -2.04. The molecule has 2 aromatic rings. The second-order valence-corrected chi connectivity index (χ2v) is 5.24. The van der Waals surface area contributed by atoms with Crippen molar-refractivity contribution in [1.82, 2.24) is 0 Å². The van der Waals surface area contributed by atoms with E-state index in [1.165, 1.54) is 7.11 Å². The summed E-state index contributed by atoms with van der Waals surface area (Å²) in [6, 6.07) is 10.8. The molecule has 1 heterocycles. The van der Waals surface area contributed by atoms with Gasteiger partial charge in [0.2, 0.25) is 0 Å². The molecule has 1 amide bonds. The van der Waals surface area contributed by atoms with E-state index in [1.54, 1.807) is 18.2 Å². The fourth-order valence-corrected chi connectivity index (χ4v) is 2.73. The van der Waals surface area contributed by atoms with Gasteiger partial charge in [-0.1, -0.05) is 24.3 Å². The van der Waals surface area contributed by atoms with Gasteiger partial charge in [0, 0.05) is 22.4 Å². The van der Waals surface area contributed by atoms with Gasteiger partial charge in [0.05, 0.1) is 20.3 Å². The molecule has 118 valence electrons. The maximum absolute atomic E-state index is 12.2. The summed E-state index contributed by atoms with van der Waals surface area (Å²) in [5.74, 6) is 0.314. The number of fused-ring (bicyclic) bond motifs is 1. The van der Waals surface area contributed by atoms with Gasteiger partial charge in [-0.3, -0.25) is 4.79 Å². The van der Waals surface area contributed by atoms with Crippen molar-refractivity contribution >= 4 is 23.2 Å². The van der Waals surface area contributed by atoms with Crippen LogP contribution in [0.15, 0.2) is 36.4 Å². The zero-order valence-corrected chi connectivity index (χ0v) is 12.7. The van der Waals surface area contributed by atoms with Crippen LogP contribution in [0.5, 0.6) is 5.75 Å². The third-order valence-electron chi connectivity index (χ3n) is 3.86. The van der Waals surface area contributed by atoms with Crippen molar-refractivity contribution in [3.8, 4) is 5.75 Å². The zero-order valence-electron chi connectivity index (χ0n) is 12.7. The molecule has 0 saturated carbocycles. The first-order valence-corrected chi connectivity index (χ1v) is 7.22. The standard InChI is InChI=1S/C18H17NO4/c1-23-17-7-11(9-20)6-12(10-21)14(17)8-15-13-4-2-3-5-16(13)19-18(15)22/h2-8,20-21H,9-10H2,1H3,(H,19,22)/b15-8+. The highest BCUT2D eigenvalue weighted by molar-refractivity contribution is 6.35. The van der Waals surface area contributed by atoms with Crippen LogP contribution in [0.1, 0.15) is 22.3 Å². The first-order valence-electron chi connectivity index (χ1n) is 7.22. The molecule has 1 aliphatic rings. The molecule has 0 aromatic heterocycles. The molecule has 0 saturated heterocycles. The highest BCUT2D eigenvalue weighted by Crippen LogP contribution is 2.35. The largest absolute Gasteiger partial charge is 0.496 e. The Hall–Kier alpha value is -2.63. The van der Waals surface area contributed by atoms with Crippen molar-refractivity contribution in [3.63, 3.8) is 0 Å². The Bertz CT molecular complexity index is 770. The van der Waals surface area contributed by atoms with Crippen molar-refractivity contribution in [3.05, 3.63) is 58.7 Å². The first kappa shape index (κ1) is 15.3. The molecule has 5 heteroatoms. The van der Waals surface area contributed by atoms with Crippen molar-refractivity contribution < 1.29 is 19.7 Å². The summed E-state index contributed by atoms with van der Waals surface area (Å²) in [6.45, 7) is -0.365. The lowest BCUT2D eigenvalue weighted by atomic mass is 9.98. The molecule has 0 radical (unpaired) electrons. The Morgan fingerprint density at radius 1 is 1.17 bits per heavy atom. The number of hydrogen-bond donors (Lipinski definition) is 3. The van der Waals surface area contributed by atoms with Crippen LogP contribution in [0.25, 0.3) is 11.6 Å². The van der Waals surface area contributed by atoms with Crippen molar-refractivity contribution in [1.29, 1.82) is 0 Å². The van der Waals surface area contributed by atoms with E-state index >= 15 is 0 Å². The lowest BCUT2D eigenvalue weighted by Gasteiger charge is -2.12. The Morgan fingerprint density at radius 2 is 1.96 bits per heavy atom. The zero-order chi connectivity index (χ0) is 16.4. The van der Waals surface area contributed by atoms with Gasteiger partial charge in [0.1, 0.15) is 5.75 Å². The summed E-state index contributed by atoms with van der Waals surface area (Å²) in [7, 11) is 1.52. The minimum absolute atomic E-state index is 0.149. The fraction of sp³-hybridized carbons (Fsp3) is 0.167. The van der Waals surface area contributed by atoms with Crippen LogP contribution < -0.4 is 10.1 Å². The van der Waals surface area contributed by atoms with E-state index < -0.39 is 0 Å². The quantitative estimate of drug-likeness (QED) is 0.756.